The number of nitrogens with zero attached hydrogens (tertiary/aromatic N) is 3. The van der Waals surface area contributed by atoms with Crippen molar-refractivity contribution in [1.82, 2.24) is 25.3 Å². The van der Waals surface area contributed by atoms with Crippen molar-refractivity contribution in [3.8, 4) is 0 Å². The lowest BCUT2D eigenvalue weighted by molar-refractivity contribution is -0.136. The maximum atomic E-state index is 13.0. The first-order chi connectivity index (χ1) is 15.1. The second-order valence-corrected chi connectivity index (χ2v) is 8.39. The van der Waals surface area contributed by atoms with E-state index in [4.69, 9.17) is 0 Å². The molecule has 1 aromatic carbocycles. The Kier molecular flexibility index (Phi) is 5.19. The molecule has 5 rings (SSSR count). The topological polar surface area (TPSA) is 108 Å². The van der Waals surface area contributed by atoms with Crippen molar-refractivity contribution in [2.45, 2.75) is 50.9 Å². The third kappa shape index (κ3) is 3.81. The van der Waals surface area contributed by atoms with E-state index in [0.29, 0.717) is 31.1 Å². The standard InChI is InChI=1S/C22H26N6O3/c29-20-5-4-19(21(30)26-20)27-13-18-14(2-1-3-17(18)22(27)31)10-24-15-11-25-28(12-15)16-6-8-23-9-7-16/h1-3,11-12,16,19,23-24H,4-10,13H2,(H,26,29,30). The Morgan fingerprint density at radius 1 is 1.13 bits per heavy atom. The fourth-order valence-corrected chi connectivity index (χ4v) is 4.71. The van der Waals surface area contributed by atoms with Gasteiger partial charge in [-0.25, -0.2) is 0 Å². The molecule has 0 radical (unpaired) electrons. The van der Waals surface area contributed by atoms with Crippen LogP contribution in [0.15, 0.2) is 30.6 Å². The number of rotatable bonds is 5. The van der Waals surface area contributed by atoms with Crippen molar-refractivity contribution in [2.75, 3.05) is 18.4 Å². The van der Waals surface area contributed by atoms with Gasteiger partial charge in [0.2, 0.25) is 11.8 Å². The van der Waals surface area contributed by atoms with Gasteiger partial charge in [0.1, 0.15) is 6.04 Å². The van der Waals surface area contributed by atoms with Crippen LogP contribution in [0.2, 0.25) is 0 Å². The maximum Gasteiger partial charge on any atom is 0.255 e. The number of benzene rings is 1. The zero-order chi connectivity index (χ0) is 21.4. The molecule has 0 bridgehead atoms. The van der Waals surface area contributed by atoms with Crippen LogP contribution in [0.1, 0.15) is 53.2 Å². The van der Waals surface area contributed by atoms with Crippen molar-refractivity contribution in [3.05, 3.63) is 47.3 Å². The fraction of sp³-hybridized carbons (Fsp3) is 0.455. The van der Waals surface area contributed by atoms with E-state index in [-0.39, 0.29) is 24.1 Å². The number of carbonyl (C=O) groups is 3. The van der Waals surface area contributed by atoms with E-state index >= 15 is 0 Å². The smallest absolute Gasteiger partial charge is 0.255 e. The summed E-state index contributed by atoms with van der Waals surface area (Å²) >= 11 is 0. The highest BCUT2D eigenvalue weighted by Crippen LogP contribution is 2.30. The molecule has 1 atom stereocenters. The lowest BCUT2D eigenvalue weighted by Gasteiger charge is -2.29. The SMILES string of the molecule is O=C1CCC(N2Cc3c(CNc4cnn(C5CCNCC5)c4)cccc3C2=O)C(=O)N1. The number of imide groups is 1. The molecule has 2 fully saturated rings. The number of anilines is 1. The molecule has 0 saturated carbocycles. The quantitative estimate of drug-likeness (QED) is 0.625. The number of aromatic nitrogens is 2. The van der Waals surface area contributed by atoms with Gasteiger partial charge in [-0.1, -0.05) is 12.1 Å². The minimum absolute atomic E-state index is 0.148. The number of piperidine rings is 2. The molecule has 0 spiro atoms. The summed E-state index contributed by atoms with van der Waals surface area (Å²) in [6.07, 6.45) is 6.66. The molecule has 162 valence electrons. The van der Waals surface area contributed by atoms with E-state index in [1.807, 2.05) is 35.3 Å². The molecule has 2 saturated heterocycles. The highest BCUT2D eigenvalue weighted by atomic mass is 16.2. The second-order valence-electron chi connectivity index (χ2n) is 8.39. The molecule has 3 amide bonds. The minimum Gasteiger partial charge on any atom is -0.378 e. The number of hydrogen-bond acceptors (Lipinski definition) is 6. The summed E-state index contributed by atoms with van der Waals surface area (Å²) in [5.74, 6) is -0.812. The lowest BCUT2D eigenvalue weighted by Crippen LogP contribution is -2.52. The number of amides is 3. The number of fused-ring (bicyclic) bond motifs is 1. The van der Waals surface area contributed by atoms with E-state index < -0.39 is 6.04 Å². The highest BCUT2D eigenvalue weighted by Gasteiger charge is 2.39. The Bertz CT molecular complexity index is 1030. The van der Waals surface area contributed by atoms with Crippen LogP contribution < -0.4 is 16.0 Å². The molecule has 9 heteroatoms. The van der Waals surface area contributed by atoms with E-state index in [1.165, 1.54) is 0 Å². The number of carbonyl (C=O) groups excluding carboxylic acids is 3. The molecule has 0 aliphatic carbocycles. The average Bonchev–Trinajstić information content (AvgIpc) is 3.38. The Morgan fingerprint density at radius 2 is 1.97 bits per heavy atom. The Morgan fingerprint density at radius 3 is 2.77 bits per heavy atom. The maximum absolute atomic E-state index is 13.0. The molecule has 1 aromatic heterocycles. The molecular formula is C22H26N6O3. The van der Waals surface area contributed by atoms with Gasteiger partial charge in [-0.05, 0) is 49.5 Å². The first-order valence-corrected chi connectivity index (χ1v) is 10.8. The van der Waals surface area contributed by atoms with Gasteiger partial charge >= 0.3 is 0 Å². The van der Waals surface area contributed by atoms with Gasteiger partial charge in [0, 0.05) is 31.3 Å². The zero-order valence-electron chi connectivity index (χ0n) is 17.3. The second kappa shape index (κ2) is 8.14. The van der Waals surface area contributed by atoms with Gasteiger partial charge in [-0.2, -0.15) is 5.10 Å². The van der Waals surface area contributed by atoms with Gasteiger partial charge in [0.15, 0.2) is 0 Å². The van der Waals surface area contributed by atoms with Crippen LogP contribution in [0.5, 0.6) is 0 Å². The molecule has 3 aliphatic heterocycles. The average molecular weight is 422 g/mol. The van der Waals surface area contributed by atoms with Crippen LogP contribution >= 0.6 is 0 Å². The van der Waals surface area contributed by atoms with E-state index in [1.54, 1.807) is 4.90 Å². The summed E-state index contributed by atoms with van der Waals surface area (Å²) in [6, 6.07) is 5.52. The normalized spacial score (nSPS) is 21.9. The monoisotopic (exact) mass is 422 g/mol. The molecule has 9 nitrogen and oxygen atoms in total. The third-order valence-electron chi connectivity index (χ3n) is 6.45. The van der Waals surface area contributed by atoms with Crippen LogP contribution in [0, 0.1) is 0 Å². The Balaban J connectivity index is 1.28. The molecule has 31 heavy (non-hydrogen) atoms. The van der Waals surface area contributed by atoms with Crippen molar-refractivity contribution >= 4 is 23.4 Å². The molecular weight excluding hydrogens is 396 g/mol. The van der Waals surface area contributed by atoms with Crippen LogP contribution in [-0.2, 0) is 22.7 Å². The van der Waals surface area contributed by atoms with Crippen molar-refractivity contribution in [1.29, 1.82) is 0 Å². The van der Waals surface area contributed by atoms with Crippen molar-refractivity contribution < 1.29 is 14.4 Å². The number of nitrogens with one attached hydrogen (secondary N) is 3. The summed E-state index contributed by atoms with van der Waals surface area (Å²) in [4.78, 5) is 38.3. The Labute approximate surface area is 180 Å². The molecule has 3 N–H and O–H groups in total. The number of hydrogen-bond donors (Lipinski definition) is 3. The van der Waals surface area contributed by atoms with Gasteiger partial charge in [-0.3, -0.25) is 24.4 Å². The summed E-state index contributed by atoms with van der Waals surface area (Å²) in [5.41, 5.74) is 3.54. The summed E-state index contributed by atoms with van der Waals surface area (Å²) in [7, 11) is 0. The van der Waals surface area contributed by atoms with Gasteiger partial charge < -0.3 is 15.5 Å². The largest absolute Gasteiger partial charge is 0.378 e. The van der Waals surface area contributed by atoms with Crippen molar-refractivity contribution in [2.24, 2.45) is 0 Å². The highest BCUT2D eigenvalue weighted by molar-refractivity contribution is 6.05. The predicted molar refractivity (Wildman–Crippen MR) is 113 cm³/mol. The van der Waals surface area contributed by atoms with Crippen LogP contribution in [0.25, 0.3) is 0 Å². The fourth-order valence-electron chi connectivity index (χ4n) is 4.71. The van der Waals surface area contributed by atoms with Crippen LogP contribution in [-0.4, -0.2) is 51.5 Å². The minimum atomic E-state index is -0.596. The molecule has 1 unspecified atom stereocenters. The zero-order valence-corrected chi connectivity index (χ0v) is 17.3. The first kappa shape index (κ1) is 19.7. The third-order valence-corrected chi connectivity index (χ3v) is 6.45. The van der Waals surface area contributed by atoms with E-state index in [9.17, 15) is 14.4 Å². The van der Waals surface area contributed by atoms with Gasteiger partial charge in [0.05, 0.1) is 17.9 Å². The van der Waals surface area contributed by atoms with Gasteiger partial charge in [-0.15, -0.1) is 0 Å². The summed E-state index contributed by atoms with van der Waals surface area (Å²) in [5, 5.41) is 13.7. The van der Waals surface area contributed by atoms with Crippen LogP contribution in [0.4, 0.5) is 5.69 Å². The van der Waals surface area contributed by atoms with Gasteiger partial charge in [0.25, 0.3) is 5.91 Å². The molecule has 4 heterocycles. The van der Waals surface area contributed by atoms with Crippen LogP contribution in [0.3, 0.4) is 0 Å². The first-order valence-electron chi connectivity index (χ1n) is 10.8. The summed E-state index contributed by atoms with van der Waals surface area (Å²) < 4.78 is 2.03. The summed E-state index contributed by atoms with van der Waals surface area (Å²) in [6.45, 7) is 2.98. The lowest BCUT2D eigenvalue weighted by atomic mass is 10.0. The Hall–Kier alpha value is -3.20. The molecule has 2 aromatic rings. The van der Waals surface area contributed by atoms with E-state index in [0.717, 1.165) is 42.7 Å². The predicted octanol–water partition coefficient (Wildman–Crippen LogP) is 1.18. The van der Waals surface area contributed by atoms with E-state index in [2.05, 4.69) is 21.0 Å². The molecule has 3 aliphatic rings. The van der Waals surface area contributed by atoms with Crippen molar-refractivity contribution in [3.63, 3.8) is 0 Å².